The van der Waals surface area contributed by atoms with Gasteiger partial charge in [0.05, 0.1) is 5.92 Å². The summed E-state index contributed by atoms with van der Waals surface area (Å²) < 4.78 is 5.14. The average molecular weight is 296 g/mol. The number of primary amides is 1. The zero-order chi connectivity index (χ0) is 15.2. The molecule has 2 aliphatic rings. The maximum atomic E-state index is 12.1. The van der Waals surface area contributed by atoms with E-state index in [-0.39, 0.29) is 24.4 Å². The second-order valence-electron chi connectivity index (χ2n) is 5.94. The summed E-state index contributed by atoms with van der Waals surface area (Å²) >= 11 is 0. The minimum atomic E-state index is -0.556. The standard InChI is InChI=1S/C15H24N2O4/c16-14(19)12-8-4-5-9-17(12)13(18)10-21-15(20)11-6-2-1-3-7-11/h11-12H,1-10H2,(H2,16,19)/t12-/m1/s1. The Balaban J connectivity index is 1.82. The summed E-state index contributed by atoms with van der Waals surface area (Å²) in [5.41, 5.74) is 5.33. The van der Waals surface area contributed by atoms with Crippen LogP contribution in [0.1, 0.15) is 51.4 Å². The van der Waals surface area contributed by atoms with Crippen LogP contribution in [0.15, 0.2) is 0 Å². The van der Waals surface area contributed by atoms with Gasteiger partial charge in [-0.1, -0.05) is 19.3 Å². The monoisotopic (exact) mass is 296 g/mol. The molecule has 0 aromatic carbocycles. The average Bonchev–Trinajstić information content (AvgIpc) is 2.53. The number of hydrogen-bond donors (Lipinski definition) is 1. The van der Waals surface area contributed by atoms with E-state index in [0.29, 0.717) is 13.0 Å². The number of amides is 2. The van der Waals surface area contributed by atoms with Crippen molar-refractivity contribution in [3.8, 4) is 0 Å². The van der Waals surface area contributed by atoms with Crippen LogP contribution in [0.3, 0.4) is 0 Å². The highest BCUT2D eigenvalue weighted by Gasteiger charge is 2.31. The van der Waals surface area contributed by atoms with E-state index in [1.54, 1.807) is 0 Å². The van der Waals surface area contributed by atoms with E-state index in [4.69, 9.17) is 10.5 Å². The van der Waals surface area contributed by atoms with Crippen molar-refractivity contribution in [2.45, 2.75) is 57.4 Å². The highest BCUT2D eigenvalue weighted by molar-refractivity contribution is 5.88. The van der Waals surface area contributed by atoms with Crippen LogP contribution in [-0.2, 0) is 19.1 Å². The van der Waals surface area contributed by atoms with E-state index >= 15 is 0 Å². The van der Waals surface area contributed by atoms with Gasteiger partial charge in [-0.3, -0.25) is 14.4 Å². The number of ether oxygens (including phenoxy) is 1. The topological polar surface area (TPSA) is 89.7 Å². The van der Waals surface area contributed by atoms with Crippen molar-refractivity contribution in [3.05, 3.63) is 0 Å². The maximum absolute atomic E-state index is 12.1. The van der Waals surface area contributed by atoms with Crippen LogP contribution in [-0.4, -0.2) is 41.9 Å². The Hall–Kier alpha value is -1.59. The van der Waals surface area contributed by atoms with Crippen molar-refractivity contribution in [2.75, 3.05) is 13.2 Å². The van der Waals surface area contributed by atoms with Gasteiger partial charge in [0.2, 0.25) is 5.91 Å². The van der Waals surface area contributed by atoms with Gasteiger partial charge in [0.15, 0.2) is 6.61 Å². The lowest BCUT2D eigenvalue weighted by molar-refractivity contribution is -0.158. The van der Waals surface area contributed by atoms with Crippen LogP contribution in [0.25, 0.3) is 0 Å². The molecule has 0 unspecified atom stereocenters. The Kier molecular flexibility index (Phi) is 5.59. The van der Waals surface area contributed by atoms with Gasteiger partial charge in [-0.2, -0.15) is 0 Å². The Morgan fingerprint density at radius 1 is 1.00 bits per heavy atom. The van der Waals surface area contributed by atoms with Gasteiger partial charge in [-0.15, -0.1) is 0 Å². The number of nitrogens with two attached hydrogens (primary N) is 1. The second-order valence-corrected chi connectivity index (χ2v) is 5.94. The molecule has 0 aromatic rings. The molecule has 1 saturated carbocycles. The van der Waals surface area contributed by atoms with Crippen LogP contribution < -0.4 is 5.73 Å². The van der Waals surface area contributed by atoms with Crippen LogP contribution in [0, 0.1) is 5.92 Å². The fraction of sp³-hybridized carbons (Fsp3) is 0.800. The first-order chi connectivity index (χ1) is 10.1. The third kappa shape index (κ3) is 4.19. The molecule has 6 heteroatoms. The molecule has 1 aliphatic carbocycles. The first kappa shape index (κ1) is 15.8. The highest BCUT2D eigenvalue weighted by atomic mass is 16.5. The molecule has 0 radical (unpaired) electrons. The zero-order valence-corrected chi connectivity index (χ0v) is 12.4. The molecule has 0 aromatic heterocycles. The summed E-state index contributed by atoms with van der Waals surface area (Å²) in [6.07, 6.45) is 7.29. The lowest BCUT2D eigenvalue weighted by atomic mass is 9.89. The molecule has 0 bridgehead atoms. The zero-order valence-electron chi connectivity index (χ0n) is 12.4. The number of piperidine rings is 1. The first-order valence-electron chi connectivity index (χ1n) is 7.85. The molecule has 2 amide bonds. The molecule has 0 spiro atoms. The largest absolute Gasteiger partial charge is 0.455 e. The highest BCUT2D eigenvalue weighted by Crippen LogP contribution is 2.24. The van der Waals surface area contributed by atoms with Crippen molar-refractivity contribution in [1.82, 2.24) is 4.90 Å². The van der Waals surface area contributed by atoms with Crippen molar-refractivity contribution in [2.24, 2.45) is 11.7 Å². The lowest BCUT2D eigenvalue weighted by Crippen LogP contribution is -2.51. The SMILES string of the molecule is NC(=O)[C@H]1CCCCN1C(=O)COC(=O)C1CCCCC1. The molecule has 1 aliphatic heterocycles. The van der Waals surface area contributed by atoms with Crippen LogP contribution >= 0.6 is 0 Å². The van der Waals surface area contributed by atoms with E-state index in [0.717, 1.165) is 44.9 Å². The number of carbonyl (C=O) groups excluding carboxylic acids is 3. The van der Waals surface area contributed by atoms with Crippen molar-refractivity contribution < 1.29 is 19.1 Å². The van der Waals surface area contributed by atoms with E-state index < -0.39 is 11.9 Å². The number of carbonyl (C=O) groups is 3. The number of nitrogens with zero attached hydrogens (tertiary/aromatic N) is 1. The molecular formula is C15H24N2O4. The summed E-state index contributed by atoms with van der Waals surface area (Å²) in [7, 11) is 0. The van der Waals surface area contributed by atoms with Gasteiger partial charge in [0.1, 0.15) is 6.04 Å². The molecule has 1 atom stereocenters. The Morgan fingerprint density at radius 3 is 2.33 bits per heavy atom. The quantitative estimate of drug-likeness (QED) is 0.783. The number of hydrogen-bond acceptors (Lipinski definition) is 4. The summed E-state index contributed by atoms with van der Waals surface area (Å²) in [5, 5.41) is 0. The van der Waals surface area contributed by atoms with Crippen molar-refractivity contribution in [3.63, 3.8) is 0 Å². The summed E-state index contributed by atoms with van der Waals surface area (Å²) in [6, 6.07) is -0.556. The first-order valence-corrected chi connectivity index (χ1v) is 7.85. The predicted octanol–water partition coefficient (Wildman–Crippen LogP) is 0.976. The van der Waals surface area contributed by atoms with Gasteiger partial charge in [0, 0.05) is 6.54 Å². The van der Waals surface area contributed by atoms with E-state index in [9.17, 15) is 14.4 Å². The summed E-state index contributed by atoms with van der Waals surface area (Å²) in [4.78, 5) is 36.9. The van der Waals surface area contributed by atoms with Crippen LogP contribution in [0.2, 0.25) is 0 Å². The summed E-state index contributed by atoms with van der Waals surface area (Å²) in [5.74, 6) is -1.15. The molecule has 21 heavy (non-hydrogen) atoms. The molecule has 118 valence electrons. The number of likely N-dealkylation sites (tertiary alicyclic amines) is 1. The van der Waals surface area contributed by atoms with E-state index in [2.05, 4.69) is 0 Å². The lowest BCUT2D eigenvalue weighted by Gasteiger charge is -2.33. The van der Waals surface area contributed by atoms with Gasteiger partial charge in [-0.25, -0.2) is 0 Å². The Morgan fingerprint density at radius 2 is 1.67 bits per heavy atom. The molecular weight excluding hydrogens is 272 g/mol. The fourth-order valence-corrected chi connectivity index (χ4v) is 3.20. The molecule has 6 nitrogen and oxygen atoms in total. The van der Waals surface area contributed by atoms with Crippen LogP contribution in [0.4, 0.5) is 0 Å². The van der Waals surface area contributed by atoms with Gasteiger partial charge >= 0.3 is 5.97 Å². The third-order valence-corrected chi connectivity index (χ3v) is 4.43. The third-order valence-electron chi connectivity index (χ3n) is 4.43. The van der Waals surface area contributed by atoms with E-state index in [1.807, 2.05) is 0 Å². The van der Waals surface area contributed by atoms with Crippen molar-refractivity contribution >= 4 is 17.8 Å². The minimum absolute atomic E-state index is 0.0696. The van der Waals surface area contributed by atoms with Gasteiger partial charge < -0.3 is 15.4 Å². The Labute approximate surface area is 125 Å². The predicted molar refractivity (Wildman–Crippen MR) is 76.1 cm³/mol. The number of esters is 1. The Bertz CT molecular complexity index is 404. The molecule has 2 fully saturated rings. The normalized spacial score (nSPS) is 23.6. The van der Waals surface area contributed by atoms with Crippen LogP contribution in [0.5, 0.6) is 0 Å². The summed E-state index contributed by atoms with van der Waals surface area (Å²) in [6.45, 7) is 0.229. The second kappa shape index (κ2) is 7.43. The molecule has 1 saturated heterocycles. The molecule has 2 N–H and O–H groups in total. The smallest absolute Gasteiger partial charge is 0.309 e. The van der Waals surface area contributed by atoms with E-state index in [1.165, 1.54) is 4.90 Å². The maximum Gasteiger partial charge on any atom is 0.309 e. The fourth-order valence-electron chi connectivity index (χ4n) is 3.20. The molecule has 1 heterocycles. The van der Waals surface area contributed by atoms with Gasteiger partial charge in [0.25, 0.3) is 5.91 Å². The molecule has 2 rings (SSSR count). The minimum Gasteiger partial charge on any atom is -0.455 e. The van der Waals surface area contributed by atoms with Crippen molar-refractivity contribution in [1.29, 1.82) is 0 Å². The van der Waals surface area contributed by atoms with Gasteiger partial charge in [-0.05, 0) is 32.1 Å². The number of rotatable bonds is 4.